The van der Waals surface area contributed by atoms with Gasteiger partial charge < -0.3 is 5.32 Å². The summed E-state index contributed by atoms with van der Waals surface area (Å²) in [7, 11) is 0. The van der Waals surface area contributed by atoms with E-state index in [4.69, 9.17) is 0 Å². The summed E-state index contributed by atoms with van der Waals surface area (Å²) in [5, 5.41) is 2.94. The monoisotopic (exact) mass is 255 g/mol. The van der Waals surface area contributed by atoms with Crippen LogP contribution in [-0.2, 0) is 0 Å². The number of hydrogen-bond acceptors (Lipinski definition) is 3. The van der Waals surface area contributed by atoms with Crippen molar-refractivity contribution in [3.05, 3.63) is 52.6 Å². The second kappa shape index (κ2) is 5.18. The molecular weight excluding hydrogens is 238 g/mol. The maximum Gasteiger partial charge on any atom is 0.275 e. The summed E-state index contributed by atoms with van der Waals surface area (Å²) in [6.45, 7) is 8.10. The summed E-state index contributed by atoms with van der Waals surface area (Å²) in [6, 6.07) is 2.13. The van der Waals surface area contributed by atoms with Gasteiger partial charge in [0.05, 0.1) is 6.20 Å². The average Bonchev–Trinajstić information content (AvgIpc) is 2.42. The minimum absolute atomic E-state index is 0.232. The van der Waals surface area contributed by atoms with Gasteiger partial charge in [-0.05, 0) is 49.9 Å². The third kappa shape index (κ3) is 2.62. The predicted octanol–water partition coefficient (Wildman–Crippen LogP) is 2.96. The quantitative estimate of drug-likeness (QED) is 0.897. The minimum atomic E-state index is -0.232. The topological polar surface area (TPSA) is 54.9 Å². The number of benzene rings is 1. The van der Waals surface area contributed by atoms with Gasteiger partial charge in [-0.2, -0.15) is 0 Å². The zero-order chi connectivity index (χ0) is 14.0. The Morgan fingerprint density at radius 3 is 2.21 bits per heavy atom. The SMILES string of the molecule is Cc1cc(C)c(C)c(NC(=O)c2cnccn2)c1C. The highest BCUT2D eigenvalue weighted by Crippen LogP contribution is 2.26. The van der Waals surface area contributed by atoms with Crippen LogP contribution in [0.2, 0.25) is 0 Å². The lowest BCUT2D eigenvalue weighted by molar-refractivity contribution is 0.102. The van der Waals surface area contributed by atoms with Gasteiger partial charge in [-0.25, -0.2) is 4.98 Å². The maximum atomic E-state index is 12.1. The van der Waals surface area contributed by atoms with Crippen LogP contribution in [0.1, 0.15) is 32.7 Å². The number of rotatable bonds is 2. The molecule has 2 rings (SSSR count). The summed E-state index contributed by atoms with van der Waals surface area (Å²) in [6.07, 6.45) is 4.52. The van der Waals surface area contributed by atoms with Gasteiger partial charge in [-0.3, -0.25) is 9.78 Å². The van der Waals surface area contributed by atoms with Crippen molar-refractivity contribution in [2.75, 3.05) is 5.32 Å². The van der Waals surface area contributed by atoms with E-state index in [9.17, 15) is 4.79 Å². The van der Waals surface area contributed by atoms with Gasteiger partial charge >= 0.3 is 0 Å². The summed E-state index contributed by atoms with van der Waals surface area (Å²) in [5.74, 6) is -0.232. The van der Waals surface area contributed by atoms with E-state index in [0.29, 0.717) is 5.69 Å². The number of hydrogen-bond donors (Lipinski definition) is 1. The highest BCUT2D eigenvalue weighted by atomic mass is 16.1. The number of nitrogens with zero attached hydrogens (tertiary/aromatic N) is 2. The lowest BCUT2D eigenvalue weighted by atomic mass is 9.98. The Bertz CT molecular complexity index is 595. The van der Waals surface area contributed by atoms with Gasteiger partial charge in [0.25, 0.3) is 5.91 Å². The molecule has 0 aliphatic rings. The molecule has 1 aromatic heterocycles. The van der Waals surface area contributed by atoms with Crippen LogP contribution in [0.5, 0.6) is 0 Å². The van der Waals surface area contributed by atoms with Crippen LogP contribution < -0.4 is 5.32 Å². The molecule has 4 nitrogen and oxygen atoms in total. The number of nitrogens with one attached hydrogen (secondary N) is 1. The highest BCUT2D eigenvalue weighted by molar-refractivity contribution is 6.03. The first-order valence-corrected chi connectivity index (χ1v) is 6.15. The van der Waals surface area contributed by atoms with E-state index in [1.165, 1.54) is 12.4 Å². The first kappa shape index (κ1) is 13.2. The third-order valence-electron chi connectivity index (χ3n) is 3.40. The lowest BCUT2D eigenvalue weighted by Gasteiger charge is -2.15. The van der Waals surface area contributed by atoms with E-state index in [2.05, 4.69) is 21.4 Å². The van der Waals surface area contributed by atoms with Crippen molar-refractivity contribution in [1.29, 1.82) is 0 Å². The van der Waals surface area contributed by atoms with E-state index in [-0.39, 0.29) is 5.91 Å². The predicted molar refractivity (Wildman–Crippen MR) is 75.4 cm³/mol. The van der Waals surface area contributed by atoms with E-state index < -0.39 is 0 Å². The Balaban J connectivity index is 2.37. The molecule has 19 heavy (non-hydrogen) atoms. The highest BCUT2D eigenvalue weighted by Gasteiger charge is 2.13. The summed E-state index contributed by atoms with van der Waals surface area (Å²) in [5.41, 5.74) is 5.68. The molecule has 2 aromatic rings. The molecule has 1 aromatic carbocycles. The molecule has 0 spiro atoms. The zero-order valence-corrected chi connectivity index (χ0v) is 11.6. The number of anilines is 1. The second-order valence-corrected chi connectivity index (χ2v) is 4.68. The normalized spacial score (nSPS) is 10.3. The largest absolute Gasteiger partial charge is 0.320 e. The van der Waals surface area contributed by atoms with Gasteiger partial charge in [-0.15, -0.1) is 0 Å². The van der Waals surface area contributed by atoms with E-state index in [1.54, 1.807) is 6.20 Å². The maximum absolute atomic E-state index is 12.1. The van der Waals surface area contributed by atoms with Crippen LogP contribution in [0.25, 0.3) is 0 Å². The van der Waals surface area contributed by atoms with Crippen LogP contribution >= 0.6 is 0 Å². The van der Waals surface area contributed by atoms with Gasteiger partial charge in [0.2, 0.25) is 0 Å². The summed E-state index contributed by atoms with van der Waals surface area (Å²) < 4.78 is 0. The molecule has 0 radical (unpaired) electrons. The Labute approximate surface area is 112 Å². The molecule has 0 fully saturated rings. The molecule has 4 heteroatoms. The van der Waals surface area contributed by atoms with Crippen molar-refractivity contribution in [3.63, 3.8) is 0 Å². The molecule has 0 aliphatic heterocycles. The number of aryl methyl sites for hydroxylation is 2. The second-order valence-electron chi connectivity index (χ2n) is 4.68. The summed E-state index contributed by atoms with van der Waals surface area (Å²) >= 11 is 0. The number of amides is 1. The molecule has 1 amide bonds. The van der Waals surface area contributed by atoms with Gasteiger partial charge in [-0.1, -0.05) is 6.07 Å². The van der Waals surface area contributed by atoms with Crippen molar-refractivity contribution < 1.29 is 4.79 Å². The van der Waals surface area contributed by atoms with Gasteiger partial charge in [0.15, 0.2) is 0 Å². The fourth-order valence-corrected chi connectivity index (χ4v) is 2.00. The van der Waals surface area contributed by atoms with Crippen LogP contribution in [0.15, 0.2) is 24.7 Å². The average molecular weight is 255 g/mol. The Morgan fingerprint density at radius 2 is 1.68 bits per heavy atom. The van der Waals surface area contributed by atoms with Gasteiger partial charge in [0.1, 0.15) is 5.69 Å². The molecule has 1 heterocycles. The smallest absolute Gasteiger partial charge is 0.275 e. The van der Waals surface area contributed by atoms with Crippen molar-refractivity contribution in [2.45, 2.75) is 27.7 Å². The molecule has 0 aliphatic carbocycles. The Hall–Kier alpha value is -2.23. The van der Waals surface area contributed by atoms with Crippen molar-refractivity contribution in [2.24, 2.45) is 0 Å². The fourth-order valence-electron chi connectivity index (χ4n) is 2.00. The van der Waals surface area contributed by atoms with Crippen LogP contribution in [0.4, 0.5) is 5.69 Å². The standard InChI is InChI=1S/C15H17N3O/c1-9-7-10(2)12(4)14(11(9)3)18-15(19)13-8-16-5-6-17-13/h5-8H,1-4H3,(H,18,19). The van der Waals surface area contributed by atoms with Crippen LogP contribution in [-0.4, -0.2) is 15.9 Å². The molecule has 1 N–H and O–H groups in total. The Morgan fingerprint density at radius 1 is 1.05 bits per heavy atom. The van der Waals surface area contributed by atoms with E-state index in [1.807, 2.05) is 27.7 Å². The molecule has 98 valence electrons. The molecular formula is C15H17N3O. The lowest BCUT2D eigenvalue weighted by Crippen LogP contribution is -2.16. The van der Waals surface area contributed by atoms with E-state index >= 15 is 0 Å². The van der Waals surface area contributed by atoms with Crippen molar-refractivity contribution >= 4 is 11.6 Å². The molecule has 0 bridgehead atoms. The number of aromatic nitrogens is 2. The zero-order valence-electron chi connectivity index (χ0n) is 11.6. The molecule has 0 unspecified atom stereocenters. The summed E-state index contributed by atoms with van der Waals surface area (Å²) in [4.78, 5) is 20.0. The van der Waals surface area contributed by atoms with Crippen LogP contribution in [0.3, 0.4) is 0 Å². The molecule has 0 atom stereocenters. The van der Waals surface area contributed by atoms with Crippen molar-refractivity contribution in [3.8, 4) is 0 Å². The first-order chi connectivity index (χ1) is 9.00. The fraction of sp³-hybridized carbons (Fsp3) is 0.267. The molecule has 0 saturated heterocycles. The Kier molecular flexibility index (Phi) is 3.60. The minimum Gasteiger partial charge on any atom is -0.320 e. The van der Waals surface area contributed by atoms with Crippen LogP contribution in [0, 0.1) is 27.7 Å². The third-order valence-corrected chi connectivity index (χ3v) is 3.40. The van der Waals surface area contributed by atoms with E-state index in [0.717, 1.165) is 27.9 Å². The number of carbonyl (C=O) groups excluding carboxylic acids is 1. The molecule has 0 saturated carbocycles. The number of carbonyl (C=O) groups is 1. The van der Waals surface area contributed by atoms with Gasteiger partial charge in [0, 0.05) is 18.1 Å². The van der Waals surface area contributed by atoms with Crippen molar-refractivity contribution in [1.82, 2.24) is 9.97 Å². The first-order valence-electron chi connectivity index (χ1n) is 6.15.